The van der Waals surface area contributed by atoms with Crippen LogP contribution in [0.25, 0.3) is 0 Å². The van der Waals surface area contributed by atoms with Crippen LogP contribution in [-0.2, 0) is 6.54 Å². The van der Waals surface area contributed by atoms with E-state index in [-0.39, 0.29) is 6.03 Å². The summed E-state index contributed by atoms with van der Waals surface area (Å²) in [6, 6.07) is 4.75. The predicted octanol–water partition coefficient (Wildman–Crippen LogP) is 3.53. The highest BCUT2D eigenvalue weighted by Crippen LogP contribution is 2.17. The number of piperidine rings is 1. The Balaban J connectivity index is 1.31. The van der Waals surface area contributed by atoms with Crippen LogP contribution < -0.4 is 15.5 Å². The van der Waals surface area contributed by atoms with E-state index in [1.165, 1.54) is 51.5 Å². The van der Waals surface area contributed by atoms with Gasteiger partial charge in [-0.25, -0.2) is 9.78 Å². The van der Waals surface area contributed by atoms with Gasteiger partial charge in [-0.15, -0.1) is 0 Å². The lowest BCUT2D eigenvalue weighted by Gasteiger charge is -2.33. The molecule has 0 aliphatic carbocycles. The molecule has 0 spiro atoms. The standard InChI is InChI=1S/C22H37N5O/c1-19-9-4-7-13-26(19)16-8-12-23-22(28)25-18-20-10-11-21(24-17-20)27-14-5-2-3-6-15-27/h10-11,17,19H,2-9,12-16,18H2,1H3,(H2,23,25,28). The number of amides is 2. The highest BCUT2D eigenvalue weighted by Gasteiger charge is 2.17. The third kappa shape index (κ3) is 6.66. The Bertz CT molecular complexity index is 583. The van der Waals surface area contributed by atoms with Crippen molar-refractivity contribution in [3.63, 3.8) is 0 Å². The summed E-state index contributed by atoms with van der Waals surface area (Å²) in [5.74, 6) is 1.06. The molecular formula is C22H37N5O. The maximum absolute atomic E-state index is 12.0. The van der Waals surface area contributed by atoms with E-state index in [1.807, 2.05) is 6.20 Å². The summed E-state index contributed by atoms with van der Waals surface area (Å²) in [7, 11) is 0. The van der Waals surface area contributed by atoms with E-state index < -0.39 is 0 Å². The Morgan fingerprint density at radius 2 is 1.86 bits per heavy atom. The first-order valence-electron chi connectivity index (χ1n) is 11.2. The van der Waals surface area contributed by atoms with Crippen LogP contribution >= 0.6 is 0 Å². The smallest absolute Gasteiger partial charge is 0.315 e. The normalized spacial score (nSPS) is 21.2. The van der Waals surface area contributed by atoms with Gasteiger partial charge in [0.25, 0.3) is 0 Å². The molecule has 1 aromatic rings. The molecule has 3 rings (SSSR count). The highest BCUT2D eigenvalue weighted by molar-refractivity contribution is 5.73. The van der Waals surface area contributed by atoms with Crippen molar-refractivity contribution >= 4 is 11.8 Å². The van der Waals surface area contributed by atoms with Crippen molar-refractivity contribution in [1.82, 2.24) is 20.5 Å². The van der Waals surface area contributed by atoms with Gasteiger partial charge >= 0.3 is 6.03 Å². The fourth-order valence-electron chi connectivity index (χ4n) is 4.23. The van der Waals surface area contributed by atoms with Gasteiger partial charge in [-0.2, -0.15) is 0 Å². The van der Waals surface area contributed by atoms with Crippen LogP contribution in [0.3, 0.4) is 0 Å². The van der Waals surface area contributed by atoms with Gasteiger partial charge in [-0.1, -0.05) is 25.3 Å². The van der Waals surface area contributed by atoms with Crippen molar-refractivity contribution in [3.05, 3.63) is 23.9 Å². The van der Waals surface area contributed by atoms with E-state index in [4.69, 9.17) is 0 Å². The Labute approximate surface area is 170 Å². The average Bonchev–Trinajstić information content (AvgIpc) is 3.01. The minimum absolute atomic E-state index is 0.0942. The van der Waals surface area contributed by atoms with Gasteiger partial charge in [0.15, 0.2) is 0 Å². The Kier molecular flexibility index (Phi) is 8.40. The van der Waals surface area contributed by atoms with Gasteiger partial charge < -0.3 is 20.4 Å². The minimum Gasteiger partial charge on any atom is -0.357 e. The van der Waals surface area contributed by atoms with Crippen molar-refractivity contribution in [2.24, 2.45) is 0 Å². The summed E-state index contributed by atoms with van der Waals surface area (Å²) < 4.78 is 0. The lowest BCUT2D eigenvalue weighted by atomic mass is 10.0. The molecule has 0 saturated carbocycles. The molecular weight excluding hydrogens is 350 g/mol. The molecule has 1 unspecified atom stereocenters. The van der Waals surface area contributed by atoms with Crippen molar-refractivity contribution < 1.29 is 4.79 Å². The number of nitrogens with zero attached hydrogens (tertiary/aromatic N) is 3. The summed E-state index contributed by atoms with van der Waals surface area (Å²) in [6.45, 7) is 8.03. The molecule has 2 amide bonds. The number of aromatic nitrogens is 1. The molecule has 1 atom stereocenters. The van der Waals surface area contributed by atoms with Crippen LogP contribution in [0.4, 0.5) is 10.6 Å². The predicted molar refractivity (Wildman–Crippen MR) is 115 cm³/mol. The van der Waals surface area contributed by atoms with Gasteiger partial charge in [-0.05, 0) is 57.2 Å². The average molecular weight is 388 g/mol. The first kappa shape index (κ1) is 20.9. The van der Waals surface area contributed by atoms with E-state index in [1.54, 1.807) is 0 Å². The number of hydrogen-bond acceptors (Lipinski definition) is 4. The van der Waals surface area contributed by atoms with Crippen LogP contribution in [0.1, 0.15) is 63.9 Å². The fourth-order valence-corrected chi connectivity index (χ4v) is 4.23. The number of nitrogens with one attached hydrogen (secondary N) is 2. The number of pyridine rings is 1. The maximum Gasteiger partial charge on any atom is 0.315 e. The molecule has 6 nitrogen and oxygen atoms in total. The molecule has 0 radical (unpaired) electrons. The molecule has 0 aromatic carbocycles. The number of rotatable bonds is 7. The molecule has 28 heavy (non-hydrogen) atoms. The van der Waals surface area contributed by atoms with Gasteiger partial charge in [0.1, 0.15) is 5.82 Å². The van der Waals surface area contributed by atoms with Crippen molar-refractivity contribution in [2.75, 3.05) is 37.6 Å². The summed E-state index contributed by atoms with van der Waals surface area (Å²) in [5, 5.41) is 5.91. The SMILES string of the molecule is CC1CCCCN1CCCNC(=O)NCc1ccc(N2CCCCCC2)nc1. The van der Waals surface area contributed by atoms with E-state index >= 15 is 0 Å². The molecule has 2 N–H and O–H groups in total. The topological polar surface area (TPSA) is 60.5 Å². The molecule has 1 aromatic heterocycles. The first-order chi connectivity index (χ1) is 13.7. The minimum atomic E-state index is -0.0942. The lowest BCUT2D eigenvalue weighted by Crippen LogP contribution is -2.40. The van der Waals surface area contributed by atoms with E-state index in [9.17, 15) is 4.79 Å². The molecule has 2 aliphatic heterocycles. The third-order valence-corrected chi connectivity index (χ3v) is 6.04. The second-order valence-corrected chi connectivity index (χ2v) is 8.27. The second kappa shape index (κ2) is 11.2. The van der Waals surface area contributed by atoms with Gasteiger partial charge in [0, 0.05) is 45.0 Å². The Morgan fingerprint density at radius 1 is 1.07 bits per heavy atom. The Morgan fingerprint density at radius 3 is 2.57 bits per heavy atom. The zero-order valence-electron chi connectivity index (χ0n) is 17.5. The first-order valence-corrected chi connectivity index (χ1v) is 11.2. The fraction of sp³-hybridized carbons (Fsp3) is 0.727. The second-order valence-electron chi connectivity index (χ2n) is 8.27. The number of carbonyl (C=O) groups is 1. The van der Waals surface area contributed by atoms with E-state index in [0.717, 1.165) is 44.0 Å². The van der Waals surface area contributed by atoms with Crippen LogP contribution in [0, 0.1) is 0 Å². The molecule has 2 saturated heterocycles. The monoisotopic (exact) mass is 387 g/mol. The molecule has 6 heteroatoms. The maximum atomic E-state index is 12.0. The zero-order chi connectivity index (χ0) is 19.6. The zero-order valence-corrected chi connectivity index (χ0v) is 17.5. The summed E-state index contributed by atoms with van der Waals surface area (Å²) >= 11 is 0. The molecule has 0 bridgehead atoms. The lowest BCUT2D eigenvalue weighted by molar-refractivity contribution is 0.159. The quantitative estimate of drug-likeness (QED) is 0.703. The molecule has 156 valence electrons. The third-order valence-electron chi connectivity index (χ3n) is 6.04. The van der Waals surface area contributed by atoms with Crippen LogP contribution in [-0.4, -0.2) is 54.7 Å². The summed E-state index contributed by atoms with van der Waals surface area (Å²) in [4.78, 5) is 21.5. The van der Waals surface area contributed by atoms with Crippen LogP contribution in [0.5, 0.6) is 0 Å². The Hall–Kier alpha value is -1.82. The number of carbonyl (C=O) groups excluding carboxylic acids is 1. The summed E-state index contributed by atoms with van der Waals surface area (Å²) in [5.41, 5.74) is 1.04. The molecule has 2 aliphatic rings. The van der Waals surface area contributed by atoms with E-state index in [0.29, 0.717) is 12.6 Å². The van der Waals surface area contributed by atoms with E-state index in [2.05, 4.69) is 44.5 Å². The molecule has 3 heterocycles. The number of likely N-dealkylation sites (tertiary alicyclic amines) is 1. The van der Waals surface area contributed by atoms with Crippen LogP contribution in [0.15, 0.2) is 18.3 Å². The van der Waals surface area contributed by atoms with Gasteiger partial charge in [-0.3, -0.25) is 0 Å². The molecule has 2 fully saturated rings. The highest BCUT2D eigenvalue weighted by atomic mass is 16.2. The van der Waals surface area contributed by atoms with Crippen molar-refractivity contribution in [2.45, 2.75) is 70.9 Å². The van der Waals surface area contributed by atoms with Crippen LogP contribution in [0.2, 0.25) is 0 Å². The van der Waals surface area contributed by atoms with Gasteiger partial charge in [0.2, 0.25) is 0 Å². The van der Waals surface area contributed by atoms with Crippen molar-refractivity contribution in [1.29, 1.82) is 0 Å². The van der Waals surface area contributed by atoms with Crippen molar-refractivity contribution in [3.8, 4) is 0 Å². The number of hydrogen-bond donors (Lipinski definition) is 2. The van der Waals surface area contributed by atoms with Gasteiger partial charge in [0.05, 0.1) is 0 Å². The largest absolute Gasteiger partial charge is 0.357 e. The summed E-state index contributed by atoms with van der Waals surface area (Å²) in [6.07, 6.45) is 12.0. The number of anilines is 1. The number of urea groups is 1.